The number of hydrogen-bond acceptors (Lipinski definition) is 2. The highest BCUT2D eigenvalue weighted by molar-refractivity contribution is 5.70. The van der Waals surface area contributed by atoms with Crippen LogP contribution in [0.2, 0.25) is 0 Å². The first kappa shape index (κ1) is 12.5. The van der Waals surface area contributed by atoms with Gasteiger partial charge >= 0.3 is 5.97 Å². The van der Waals surface area contributed by atoms with Crippen molar-refractivity contribution in [1.82, 2.24) is 4.90 Å². The standard InChI is InChI=1S/C12H23NO2/c1-9(11(14)15)10(2)13-7-5-6-12(3,4)8-13/h9-10H,5-8H2,1-4H3,(H,14,15). The maximum absolute atomic E-state index is 10.9. The Morgan fingerprint density at radius 2 is 2.00 bits per heavy atom. The second kappa shape index (κ2) is 4.52. The summed E-state index contributed by atoms with van der Waals surface area (Å²) < 4.78 is 0. The zero-order chi connectivity index (χ0) is 11.6. The zero-order valence-corrected chi connectivity index (χ0v) is 10.3. The van der Waals surface area contributed by atoms with E-state index in [4.69, 9.17) is 5.11 Å². The fraction of sp³-hybridized carbons (Fsp3) is 0.917. The summed E-state index contributed by atoms with van der Waals surface area (Å²) in [6, 6.07) is 0.141. The first-order chi connectivity index (χ1) is 6.83. The second-order valence-corrected chi connectivity index (χ2v) is 5.61. The molecule has 1 rings (SSSR count). The highest BCUT2D eigenvalue weighted by Gasteiger charge is 2.32. The summed E-state index contributed by atoms with van der Waals surface area (Å²) in [6.07, 6.45) is 2.43. The van der Waals surface area contributed by atoms with E-state index in [0.717, 1.165) is 13.1 Å². The van der Waals surface area contributed by atoms with Gasteiger partial charge in [-0.3, -0.25) is 9.69 Å². The van der Waals surface area contributed by atoms with Gasteiger partial charge in [0, 0.05) is 12.6 Å². The number of carboxylic acid groups (broad SMARTS) is 1. The number of carbonyl (C=O) groups is 1. The van der Waals surface area contributed by atoms with Crippen molar-refractivity contribution in [3.63, 3.8) is 0 Å². The lowest BCUT2D eigenvalue weighted by Crippen LogP contribution is -2.48. The van der Waals surface area contributed by atoms with Gasteiger partial charge in [-0.15, -0.1) is 0 Å². The van der Waals surface area contributed by atoms with E-state index < -0.39 is 5.97 Å². The van der Waals surface area contributed by atoms with Crippen LogP contribution >= 0.6 is 0 Å². The predicted octanol–water partition coefficient (Wildman–Crippen LogP) is 2.22. The fourth-order valence-electron chi connectivity index (χ4n) is 2.34. The van der Waals surface area contributed by atoms with Gasteiger partial charge in [0.15, 0.2) is 0 Å². The van der Waals surface area contributed by atoms with Crippen molar-refractivity contribution in [2.75, 3.05) is 13.1 Å². The Hall–Kier alpha value is -0.570. The first-order valence-electron chi connectivity index (χ1n) is 5.80. The molecule has 2 unspecified atom stereocenters. The van der Waals surface area contributed by atoms with Crippen molar-refractivity contribution < 1.29 is 9.90 Å². The topological polar surface area (TPSA) is 40.5 Å². The van der Waals surface area contributed by atoms with Gasteiger partial charge in [-0.05, 0) is 31.7 Å². The van der Waals surface area contributed by atoms with Gasteiger partial charge in [-0.1, -0.05) is 20.8 Å². The Morgan fingerprint density at radius 1 is 1.40 bits per heavy atom. The average molecular weight is 213 g/mol. The summed E-state index contributed by atoms with van der Waals surface area (Å²) in [6.45, 7) is 10.4. The monoisotopic (exact) mass is 213 g/mol. The number of rotatable bonds is 3. The number of likely N-dealkylation sites (tertiary alicyclic amines) is 1. The quantitative estimate of drug-likeness (QED) is 0.781. The van der Waals surface area contributed by atoms with E-state index in [0.29, 0.717) is 5.41 Å². The Labute approximate surface area is 92.5 Å². The fourth-order valence-corrected chi connectivity index (χ4v) is 2.34. The lowest BCUT2D eigenvalue weighted by Gasteiger charge is -2.42. The highest BCUT2D eigenvalue weighted by Crippen LogP contribution is 2.30. The lowest BCUT2D eigenvalue weighted by molar-refractivity contribution is -0.143. The molecule has 15 heavy (non-hydrogen) atoms. The molecule has 1 heterocycles. The normalized spacial score (nSPS) is 25.9. The molecule has 0 amide bonds. The smallest absolute Gasteiger partial charge is 0.307 e. The maximum atomic E-state index is 10.9. The van der Waals surface area contributed by atoms with Crippen LogP contribution in [0.25, 0.3) is 0 Å². The molecule has 0 saturated carbocycles. The van der Waals surface area contributed by atoms with Crippen molar-refractivity contribution in [2.24, 2.45) is 11.3 Å². The summed E-state index contributed by atoms with van der Waals surface area (Å²) in [5.41, 5.74) is 0.338. The van der Waals surface area contributed by atoms with Crippen molar-refractivity contribution in [1.29, 1.82) is 0 Å². The van der Waals surface area contributed by atoms with E-state index >= 15 is 0 Å². The molecule has 1 aliphatic rings. The number of hydrogen-bond donors (Lipinski definition) is 1. The van der Waals surface area contributed by atoms with Gasteiger partial charge in [0.05, 0.1) is 5.92 Å². The van der Waals surface area contributed by atoms with Gasteiger partial charge in [-0.25, -0.2) is 0 Å². The minimum absolute atomic E-state index is 0.141. The van der Waals surface area contributed by atoms with Crippen LogP contribution in [0.1, 0.15) is 40.5 Å². The third-order valence-corrected chi connectivity index (χ3v) is 3.62. The van der Waals surface area contributed by atoms with E-state index in [1.54, 1.807) is 6.92 Å². The summed E-state index contributed by atoms with van der Waals surface area (Å²) in [4.78, 5) is 13.2. The van der Waals surface area contributed by atoms with Crippen LogP contribution in [0.4, 0.5) is 0 Å². The van der Waals surface area contributed by atoms with Crippen molar-refractivity contribution >= 4 is 5.97 Å². The van der Waals surface area contributed by atoms with E-state index in [-0.39, 0.29) is 12.0 Å². The number of aliphatic carboxylic acids is 1. The van der Waals surface area contributed by atoms with E-state index in [1.807, 2.05) is 6.92 Å². The van der Waals surface area contributed by atoms with Crippen LogP contribution in [0.5, 0.6) is 0 Å². The minimum Gasteiger partial charge on any atom is -0.481 e. The molecule has 3 nitrogen and oxygen atoms in total. The predicted molar refractivity (Wildman–Crippen MR) is 60.8 cm³/mol. The SMILES string of the molecule is CC(C(=O)O)C(C)N1CCCC(C)(C)C1. The Kier molecular flexibility index (Phi) is 3.77. The van der Waals surface area contributed by atoms with Gasteiger partial charge in [0.1, 0.15) is 0 Å². The molecular weight excluding hydrogens is 190 g/mol. The van der Waals surface area contributed by atoms with Gasteiger partial charge < -0.3 is 5.11 Å². The molecule has 1 N–H and O–H groups in total. The molecule has 1 aliphatic heterocycles. The molecular formula is C12H23NO2. The third kappa shape index (κ3) is 3.20. The van der Waals surface area contributed by atoms with Gasteiger partial charge in [0.2, 0.25) is 0 Å². The van der Waals surface area contributed by atoms with Gasteiger partial charge in [-0.2, -0.15) is 0 Å². The summed E-state index contributed by atoms with van der Waals surface area (Å²) in [7, 11) is 0. The molecule has 88 valence electrons. The van der Waals surface area contributed by atoms with Crippen LogP contribution in [0.3, 0.4) is 0 Å². The Morgan fingerprint density at radius 3 is 2.47 bits per heavy atom. The molecule has 0 aromatic carbocycles. The summed E-state index contributed by atoms with van der Waals surface area (Å²) in [5, 5.41) is 8.99. The Balaban J connectivity index is 2.60. The average Bonchev–Trinajstić information content (AvgIpc) is 2.13. The molecule has 0 aromatic rings. The minimum atomic E-state index is -0.689. The van der Waals surface area contributed by atoms with Gasteiger partial charge in [0.25, 0.3) is 0 Å². The molecule has 2 atom stereocenters. The van der Waals surface area contributed by atoms with Crippen molar-refractivity contribution in [3.8, 4) is 0 Å². The number of carboxylic acids is 1. The molecule has 0 aliphatic carbocycles. The molecule has 3 heteroatoms. The zero-order valence-electron chi connectivity index (χ0n) is 10.3. The number of nitrogens with zero attached hydrogens (tertiary/aromatic N) is 1. The van der Waals surface area contributed by atoms with Crippen LogP contribution in [-0.2, 0) is 4.79 Å². The van der Waals surface area contributed by atoms with Crippen LogP contribution < -0.4 is 0 Å². The molecule has 1 saturated heterocycles. The first-order valence-corrected chi connectivity index (χ1v) is 5.80. The largest absolute Gasteiger partial charge is 0.481 e. The van der Waals surface area contributed by atoms with E-state index in [1.165, 1.54) is 12.8 Å². The van der Waals surface area contributed by atoms with Crippen molar-refractivity contribution in [2.45, 2.75) is 46.6 Å². The third-order valence-electron chi connectivity index (χ3n) is 3.62. The molecule has 0 bridgehead atoms. The van der Waals surface area contributed by atoms with Crippen LogP contribution in [0.15, 0.2) is 0 Å². The van der Waals surface area contributed by atoms with Crippen LogP contribution in [0, 0.1) is 11.3 Å². The molecule has 0 spiro atoms. The Bertz CT molecular complexity index is 238. The van der Waals surface area contributed by atoms with Crippen LogP contribution in [-0.4, -0.2) is 35.1 Å². The van der Waals surface area contributed by atoms with Crippen molar-refractivity contribution in [3.05, 3.63) is 0 Å². The summed E-state index contributed by atoms with van der Waals surface area (Å²) >= 11 is 0. The highest BCUT2D eigenvalue weighted by atomic mass is 16.4. The maximum Gasteiger partial charge on any atom is 0.307 e. The number of piperidine rings is 1. The molecule has 0 aromatic heterocycles. The van der Waals surface area contributed by atoms with E-state index in [9.17, 15) is 4.79 Å². The molecule has 1 fully saturated rings. The lowest BCUT2D eigenvalue weighted by atomic mass is 9.83. The second-order valence-electron chi connectivity index (χ2n) is 5.61. The van der Waals surface area contributed by atoms with E-state index in [2.05, 4.69) is 18.7 Å². The molecule has 0 radical (unpaired) electrons. The summed E-state index contributed by atoms with van der Waals surface area (Å²) in [5.74, 6) is -0.968.